The summed E-state index contributed by atoms with van der Waals surface area (Å²) in [6.45, 7) is 0.594. The van der Waals surface area contributed by atoms with E-state index in [-0.39, 0.29) is 6.61 Å². The van der Waals surface area contributed by atoms with Crippen LogP contribution in [0.4, 0.5) is 5.69 Å². The molecular weight excluding hydrogens is 252 g/mol. The molecule has 0 spiro atoms. The van der Waals surface area contributed by atoms with E-state index in [9.17, 15) is 15.2 Å². The van der Waals surface area contributed by atoms with Gasteiger partial charge < -0.3 is 10.0 Å². The van der Waals surface area contributed by atoms with Crippen molar-refractivity contribution >= 4 is 12.0 Å². The zero-order valence-corrected chi connectivity index (χ0v) is 11.6. The van der Waals surface area contributed by atoms with Crippen molar-refractivity contribution in [2.45, 2.75) is 38.1 Å². The van der Waals surface area contributed by atoms with Gasteiger partial charge in [0, 0.05) is 18.2 Å². The first-order chi connectivity index (χ1) is 9.80. The third-order valence-corrected chi connectivity index (χ3v) is 3.94. The number of hydrogen-bond acceptors (Lipinski definition) is 4. The van der Waals surface area contributed by atoms with Gasteiger partial charge in [-0.2, -0.15) is 5.26 Å². The van der Waals surface area contributed by atoms with Crippen molar-refractivity contribution in [3.05, 3.63) is 29.3 Å². The topological polar surface area (TPSA) is 64.3 Å². The molecule has 20 heavy (non-hydrogen) atoms. The molecule has 0 unspecified atom stereocenters. The summed E-state index contributed by atoms with van der Waals surface area (Å²) in [4.78, 5) is 13.0. The maximum Gasteiger partial charge on any atom is 0.150 e. The molecule has 4 heteroatoms. The van der Waals surface area contributed by atoms with Gasteiger partial charge in [-0.05, 0) is 31.0 Å². The Hall–Kier alpha value is -1.86. The van der Waals surface area contributed by atoms with Gasteiger partial charge in [-0.3, -0.25) is 4.79 Å². The summed E-state index contributed by atoms with van der Waals surface area (Å²) in [6, 6.07) is 7.72. The first-order valence-electron chi connectivity index (χ1n) is 7.17. The van der Waals surface area contributed by atoms with E-state index in [1.807, 2.05) is 6.07 Å². The van der Waals surface area contributed by atoms with Crippen LogP contribution in [0.3, 0.4) is 0 Å². The molecule has 106 valence electrons. The van der Waals surface area contributed by atoms with Gasteiger partial charge in [0.05, 0.1) is 17.9 Å². The van der Waals surface area contributed by atoms with Crippen LogP contribution in [0.15, 0.2) is 18.2 Å². The Labute approximate surface area is 119 Å². The van der Waals surface area contributed by atoms with Crippen LogP contribution in [0.2, 0.25) is 0 Å². The monoisotopic (exact) mass is 272 g/mol. The van der Waals surface area contributed by atoms with Crippen LogP contribution in [-0.4, -0.2) is 30.6 Å². The van der Waals surface area contributed by atoms with Crippen molar-refractivity contribution in [3.8, 4) is 6.07 Å². The molecule has 1 N–H and O–H groups in total. The number of carbonyl (C=O) groups excluding carboxylic acids is 1. The van der Waals surface area contributed by atoms with E-state index < -0.39 is 0 Å². The highest BCUT2D eigenvalue weighted by Gasteiger charge is 2.23. The number of benzene rings is 1. The van der Waals surface area contributed by atoms with E-state index in [0.29, 0.717) is 23.7 Å². The standard InChI is InChI=1S/C16H20N2O2/c17-11-14-10-13(12-20)6-7-16(14)18(8-9-19)15-4-2-1-3-5-15/h6-7,10,12,15,19H,1-5,8-9H2. The Morgan fingerprint density at radius 2 is 2.10 bits per heavy atom. The molecule has 1 saturated carbocycles. The van der Waals surface area contributed by atoms with Crippen molar-refractivity contribution in [3.63, 3.8) is 0 Å². The summed E-state index contributed by atoms with van der Waals surface area (Å²) in [5.74, 6) is 0. The Bertz CT molecular complexity index is 502. The molecule has 4 nitrogen and oxygen atoms in total. The number of rotatable bonds is 5. The summed E-state index contributed by atoms with van der Waals surface area (Å²) in [5.41, 5.74) is 1.85. The lowest BCUT2D eigenvalue weighted by Crippen LogP contribution is -2.39. The molecule has 1 aromatic rings. The van der Waals surface area contributed by atoms with E-state index in [2.05, 4.69) is 11.0 Å². The molecule has 0 bridgehead atoms. The minimum atomic E-state index is 0.0663. The highest BCUT2D eigenvalue weighted by molar-refractivity contribution is 5.78. The zero-order chi connectivity index (χ0) is 14.4. The van der Waals surface area contributed by atoms with Gasteiger partial charge in [-0.25, -0.2) is 0 Å². The van der Waals surface area contributed by atoms with Gasteiger partial charge in [-0.1, -0.05) is 19.3 Å². The molecule has 0 amide bonds. The third kappa shape index (κ3) is 3.17. The van der Waals surface area contributed by atoms with Gasteiger partial charge in [0.2, 0.25) is 0 Å². The summed E-state index contributed by atoms with van der Waals surface area (Å²) in [7, 11) is 0. The normalized spacial score (nSPS) is 15.6. The summed E-state index contributed by atoms with van der Waals surface area (Å²) >= 11 is 0. The van der Waals surface area contributed by atoms with Crippen LogP contribution in [-0.2, 0) is 0 Å². The molecule has 1 aromatic carbocycles. The van der Waals surface area contributed by atoms with Crippen LogP contribution in [0.25, 0.3) is 0 Å². The van der Waals surface area contributed by atoms with E-state index >= 15 is 0 Å². The van der Waals surface area contributed by atoms with Crippen LogP contribution >= 0.6 is 0 Å². The second-order valence-electron chi connectivity index (χ2n) is 5.22. The lowest BCUT2D eigenvalue weighted by molar-refractivity contribution is 0.112. The Kier molecular flexibility index (Phi) is 5.14. The minimum absolute atomic E-state index is 0.0663. The number of aldehydes is 1. The van der Waals surface area contributed by atoms with Gasteiger partial charge in [0.25, 0.3) is 0 Å². The summed E-state index contributed by atoms with van der Waals surface area (Å²) in [6.07, 6.45) is 6.60. The molecule has 1 aliphatic carbocycles. The first-order valence-corrected chi connectivity index (χ1v) is 7.17. The van der Waals surface area contributed by atoms with Gasteiger partial charge in [-0.15, -0.1) is 0 Å². The maximum atomic E-state index is 10.8. The SMILES string of the molecule is N#Cc1cc(C=O)ccc1N(CCO)C1CCCCC1. The quantitative estimate of drug-likeness (QED) is 0.836. The highest BCUT2D eigenvalue weighted by Crippen LogP contribution is 2.29. The summed E-state index contributed by atoms with van der Waals surface area (Å²) in [5, 5.41) is 18.6. The Balaban J connectivity index is 2.32. The van der Waals surface area contributed by atoms with Crippen LogP contribution in [0.5, 0.6) is 0 Å². The number of nitrogens with zero attached hydrogens (tertiary/aromatic N) is 2. The van der Waals surface area contributed by atoms with Crippen molar-refractivity contribution < 1.29 is 9.90 Å². The molecule has 0 atom stereocenters. The van der Waals surface area contributed by atoms with E-state index in [1.54, 1.807) is 12.1 Å². The molecule has 0 heterocycles. The zero-order valence-electron chi connectivity index (χ0n) is 11.6. The van der Waals surface area contributed by atoms with Crippen LogP contribution in [0.1, 0.15) is 48.0 Å². The fourth-order valence-corrected chi connectivity index (χ4v) is 2.97. The van der Waals surface area contributed by atoms with Crippen molar-refractivity contribution in [1.82, 2.24) is 0 Å². The average molecular weight is 272 g/mol. The average Bonchev–Trinajstić information content (AvgIpc) is 2.53. The lowest BCUT2D eigenvalue weighted by Gasteiger charge is -2.36. The molecule has 1 aliphatic rings. The van der Waals surface area contributed by atoms with E-state index in [4.69, 9.17) is 0 Å². The molecule has 2 rings (SSSR count). The fourth-order valence-electron chi connectivity index (χ4n) is 2.97. The van der Waals surface area contributed by atoms with Crippen molar-refractivity contribution in [1.29, 1.82) is 5.26 Å². The number of carbonyl (C=O) groups is 1. The summed E-state index contributed by atoms with van der Waals surface area (Å²) < 4.78 is 0. The second kappa shape index (κ2) is 7.06. The molecule has 1 fully saturated rings. The first kappa shape index (κ1) is 14.5. The van der Waals surface area contributed by atoms with E-state index in [0.717, 1.165) is 24.8 Å². The Morgan fingerprint density at radius 1 is 1.35 bits per heavy atom. The predicted molar refractivity (Wildman–Crippen MR) is 77.8 cm³/mol. The largest absolute Gasteiger partial charge is 0.395 e. The van der Waals surface area contributed by atoms with Gasteiger partial charge >= 0.3 is 0 Å². The maximum absolute atomic E-state index is 10.8. The lowest BCUT2D eigenvalue weighted by atomic mass is 9.93. The molecule has 0 aromatic heterocycles. The molecular formula is C16H20N2O2. The molecule has 0 aliphatic heterocycles. The fraction of sp³-hybridized carbons (Fsp3) is 0.500. The number of hydrogen-bond donors (Lipinski definition) is 1. The number of anilines is 1. The van der Waals surface area contributed by atoms with Crippen molar-refractivity contribution in [2.24, 2.45) is 0 Å². The van der Waals surface area contributed by atoms with Gasteiger partial charge in [0.15, 0.2) is 0 Å². The van der Waals surface area contributed by atoms with Crippen LogP contribution < -0.4 is 4.90 Å². The highest BCUT2D eigenvalue weighted by atomic mass is 16.3. The van der Waals surface area contributed by atoms with Crippen LogP contribution in [0, 0.1) is 11.3 Å². The Morgan fingerprint density at radius 3 is 2.70 bits per heavy atom. The third-order valence-electron chi connectivity index (χ3n) is 3.94. The number of aliphatic hydroxyl groups is 1. The number of nitriles is 1. The smallest absolute Gasteiger partial charge is 0.150 e. The van der Waals surface area contributed by atoms with E-state index in [1.165, 1.54) is 19.3 Å². The predicted octanol–water partition coefficient (Wildman–Crippen LogP) is 2.50. The molecule has 0 saturated heterocycles. The van der Waals surface area contributed by atoms with Crippen molar-refractivity contribution in [2.75, 3.05) is 18.1 Å². The van der Waals surface area contributed by atoms with Gasteiger partial charge in [0.1, 0.15) is 12.4 Å². The number of aliphatic hydroxyl groups excluding tert-OH is 1. The molecule has 0 radical (unpaired) electrons. The minimum Gasteiger partial charge on any atom is -0.395 e. The second-order valence-corrected chi connectivity index (χ2v) is 5.22.